The van der Waals surface area contributed by atoms with Gasteiger partial charge in [-0.05, 0) is 37.5 Å². The number of nitrogen functional groups attached to an aromatic ring is 1. The van der Waals surface area contributed by atoms with E-state index in [9.17, 15) is 32.3 Å². The Bertz CT molecular complexity index is 1180. The summed E-state index contributed by atoms with van der Waals surface area (Å²) in [4.78, 5) is 35.8. The van der Waals surface area contributed by atoms with E-state index in [0.717, 1.165) is 18.5 Å². The average molecular weight is 545 g/mol. The second-order valence-electron chi connectivity index (χ2n) is 9.19. The summed E-state index contributed by atoms with van der Waals surface area (Å²) in [5.74, 6) is -3.87. The Labute approximate surface area is 214 Å². The number of rotatable bonds is 6. The van der Waals surface area contributed by atoms with Crippen LogP contribution in [-0.2, 0) is 15.8 Å². The lowest BCUT2D eigenvalue weighted by Crippen LogP contribution is -2.53. The number of nitrogens with two attached hydrogens (primary N) is 1. The molecule has 3 heterocycles. The van der Waals surface area contributed by atoms with Gasteiger partial charge in [-0.15, -0.1) is 0 Å². The Balaban J connectivity index is 1.50. The fourth-order valence-corrected chi connectivity index (χ4v) is 5.14. The summed E-state index contributed by atoms with van der Waals surface area (Å²) in [5.41, 5.74) is 4.67. The number of nitrogens with zero attached hydrogens (tertiary/aromatic N) is 4. The highest BCUT2D eigenvalue weighted by atomic mass is 35.5. The fourth-order valence-electron chi connectivity index (χ4n) is 4.91. The van der Waals surface area contributed by atoms with E-state index >= 15 is 0 Å². The van der Waals surface area contributed by atoms with Crippen LogP contribution in [0.1, 0.15) is 24.8 Å². The van der Waals surface area contributed by atoms with Crippen LogP contribution in [0.3, 0.4) is 0 Å². The van der Waals surface area contributed by atoms with Gasteiger partial charge in [0.15, 0.2) is 11.6 Å². The van der Waals surface area contributed by atoms with Crippen LogP contribution in [-0.4, -0.2) is 64.1 Å². The molecule has 1 aromatic heterocycles. The summed E-state index contributed by atoms with van der Waals surface area (Å²) >= 11 is 5.86. The number of halogens is 5. The van der Waals surface area contributed by atoms with Crippen LogP contribution in [0.4, 0.5) is 34.9 Å². The standard InChI is InChI=1S/C23H25ClF4N6O3/c24-14-6-13(23(26,27)28)7-15(8-14)32-17-2-1-4-34(21(17)35)10-12-9-33(5-3-16(12)22(36)37)20-18(25)19(29)30-11-31-20/h6-8,11-12,16-17,32H,1-5,9-10H2,(H,36,37)(H2,29,30,31)/t12?,16-,17?/m0/s1. The van der Waals surface area contributed by atoms with Crippen molar-refractivity contribution < 1.29 is 32.3 Å². The molecular formula is C23H25ClF4N6O3. The zero-order valence-corrected chi connectivity index (χ0v) is 20.3. The topological polar surface area (TPSA) is 125 Å². The van der Waals surface area contributed by atoms with Gasteiger partial charge in [0, 0.05) is 42.8 Å². The second kappa shape index (κ2) is 10.6. The van der Waals surface area contributed by atoms with Crippen molar-refractivity contribution in [3.63, 3.8) is 0 Å². The number of hydrogen-bond acceptors (Lipinski definition) is 7. The lowest BCUT2D eigenvalue weighted by molar-refractivity contribution is -0.146. The van der Waals surface area contributed by atoms with E-state index in [1.54, 1.807) is 4.90 Å². The van der Waals surface area contributed by atoms with Gasteiger partial charge in [0.05, 0.1) is 11.5 Å². The molecular weight excluding hydrogens is 520 g/mol. The number of aliphatic carboxylic acids is 1. The van der Waals surface area contributed by atoms with Crippen LogP contribution in [0, 0.1) is 17.7 Å². The maximum atomic E-state index is 14.5. The van der Waals surface area contributed by atoms with Crippen LogP contribution in [0.5, 0.6) is 0 Å². The molecule has 1 aromatic carbocycles. The first kappa shape index (κ1) is 26.7. The third-order valence-corrected chi connectivity index (χ3v) is 6.92. The number of aromatic nitrogens is 2. The summed E-state index contributed by atoms with van der Waals surface area (Å²) in [6, 6.07) is 2.19. The van der Waals surface area contributed by atoms with Gasteiger partial charge >= 0.3 is 12.1 Å². The quantitative estimate of drug-likeness (QED) is 0.472. The molecule has 2 aliphatic rings. The summed E-state index contributed by atoms with van der Waals surface area (Å²) in [5, 5.41) is 12.5. The molecule has 1 amide bonds. The number of alkyl halides is 3. The van der Waals surface area contributed by atoms with E-state index < -0.39 is 41.4 Å². The number of hydrogen-bond donors (Lipinski definition) is 3. The Morgan fingerprint density at radius 3 is 2.68 bits per heavy atom. The largest absolute Gasteiger partial charge is 0.481 e. The molecule has 2 aliphatic heterocycles. The van der Waals surface area contributed by atoms with E-state index in [1.165, 1.54) is 11.0 Å². The predicted octanol–water partition coefficient (Wildman–Crippen LogP) is 3.50. The van der Waals surface area contributed by atoms with Gasteiger partial charge in [-0.25, -0.2) is 9.97 Å². The molecule has 9 nitrogen and oxygen atoms in total. The Hall–Kier alpha value is -3.35. The highest BCUT2D eigenvalue weighted by molar-refractivity contribution is 6.31. The van der Waals surface area contributed by atoms with Crippen molar-refractivity contribution in [2.24, 2.45) is 11.8 Å². The molecule has 2 aromatic rings. The van der Waals surface area contributed by atoms with E-state index in [1.807, 2.05) is 0 Å². The van der Waals surface area contributed by atoms with Gasteiger partial charge < -0.3 is 26.0 Å². The number of anilines is 3. The number of piperidine rings is 2. The van der Waals surface area contributed by atoms with Gasteiger partial charge in [-0.3, -0.25) is 9.59 Å². The van der Waals surface area contributed by atoms with Crippen LogP contribution in [0.15, 0.2) is 24.5 Å². The Kier molecular flexibility index (Phi) is 7.62. The van der Waals surface area contributed by atoms with E-state index in [-0.39, 0.29) is 54.3 Å². The zero-order valence-electron chi connectivity index (χ0n) is 19.5. The van der Waals surface area contributed by atoms with Crippen LogP contribution in [0.2, 0.25) is 5.02 Å². The lowest BCUT2D eigenvalue weighted by atomic mass is 9.84. The second-order valence-corrected chi connectivity index (χ2v) is 9.62. The van der Waals surface area contributed by atoms with Crippen LogP contribution < -0.4 is 16.0 Å². The van der Waals surface area contributed by atoms with E-state index in [2.05, 4.69) is 15.3 Å². The minimum atomic E-state index is -4.60. The highest BCUT2D eigenvalue weighted by Gasteiger charge is 2.39. The molecule has 2 saturated heterocycles. The van der Waals surface area contributed by atoms with E-state index in [4.69, 9.17) is 17.3 Å². The van der Waals surface area contributed by atoms with Crippen molar-refractivity contribution in [1.82, 2.24) is 14.9 Å². The third-order valence-electron chi connectivity index (χ3n) is 6.70. The molecule has 37 heavy (non-hydrogen) atoms. The predicted molar refractivity (Wildman–Crippen MR) is 128 cm³/mol. The first-order valence-electron chi connectivity index (χ1n) is 11.6. The SMILES string of the molecule is Nc1ncnc(N2CC[C@H](C(=O)O)C(CN3CCCC(Nc4cc(Cl)cc(C(F)(F)F)c4)C3=O)C2)c1F. The molecule has 2 unspecified atom stereocenters. The molecule has 200 valence electrons. The number of carboxylic acids is 1. The monoisotopic (exact) mass is 544 g/mol. The van der Waals surface area contributed by atoms with Gasteiger partial charge in [0.25, 0.3) is 0 Å². The molecule has 4 N–H and O–H groups in total. The van der Waals surface area contributed by atoms with Crippen LogP contribution in [0.25, 0.3) is 0 Å². The minimum Gasteiger partial charge on any atom is -0.481 e. The Morgan fingerprint density at radius 1 is 1.22 bits per heavy atom. The molecule has 0 aliphatic carbocycles. The maximum absolute atomic E-state index is 14.5. The number of carboxylic acid groups (broad SMARTS) is 1. The molecule has 0 radical (unpaired) electrons. The molecule has 2 fully saturated rings. The zero-order chi connectivity index (χ0) is 26.9. The number of nitrogens with one attached hydrogen (secondary N) is 1. The van der Waals surface area contributed by atoms with Gasteiger partial charge in [-0.1, -0.05) is 11.6 Å². The van der Waals surface area contributed by atoms with Crippen LogP contribution >= 0.6 is 11.6 Å². The van der Waals surface area contributed by atoms with Gasteiger partial charge in [0.2, 0.25) is 11.7 Å². The van der Waals surface area contributed by atoms with Gasteiger partial charge in [-0.2, -0.15) is 17.6 Å². The minimum absolute atomic E-state index is 0.0349. The smallest absolute Gasteiger partial charge is 0.416 e. The molecule has 0 saturated carbocycles. The number of carbonyl (C=O) groups is 2. The van der Waals surface area contributed by atoms with Gasteiger partial charge in [0.1, 0.15) is 12.4 Å². The molecule has 0 bridgehead atoms. The summed E-state index contributed by atoms with van der Waals surface area (Å²) < 4.78 is 54.0. The molecule has 0 spiro atoms. The fraction of sp³-hybridized carbons (Fsp3) is 0.478. The van der Waals surface area contributed by atoms with Crippen molar-refractivity contribution in [2.75, 3.05) is 42.1 Å². The Morgan fingerprint density at radius 2 is 1.97 bits per heavy atom. The van der Waals surface area contributed by atoms with Crippen molar-refractivity contribution in [1.29, 1.82) is 0 Å². The average Bonchev–Trinajstić information content (AvgIpc) is 2.82. The first-order valence-corrected chi connectivity index (χ1v) is 12.0. The first-order chi connectivity index (χ1) is 17.4. The molecule has 14 heteroatoms. The van der Waals surface area contributed by atoms with Crippen molar-refractivity contribution >= 4 is 40.8 Å². The van der Waals surface area contributed by atoms with Crippen molar-refractivity contribution in [3.8, 4) is 0 Å². The highest BCUT2D eigenvalue weighted by Crippen LogP contribution is 2.34. The maximum Gasteiger partial charge on any atom is 0.416 e. The number of amides is 1. The number of likely N-dealkylation sites (tertiary alicyclic amines) is 1. The normalized spacial score (nSPS) is 22.7. The summed E-state index contributed by atoms with van der Waals surface area (Å²) in [6.45, 7) is 0.790. The summed E-state index contributed by atoms with van der Waals surface area (Å²) in [6.07, 6.45) is -2.34. The lowest BCUT2D eigenvalue weighted by Gasteiger charge is -2.41. The van der Waals surface area contributed by atoms with Crippen molar-refractivity contribution in [2.45, 2.75) is 31.5 Å². The summed E-state index contributed by atoms with van der Waals surface area (Å²) in [7, 11) is 0. The molecule has 4 rings (SSSR count). The van der Waals surface area contributed by atoms with Crippen molar-refractivity contribution in [3.05, 3.63) is 40.9 Å². The number of benzene rings is 1. The third kappa shape index (κ3) is 5.97. The van der Waals surface area contributed by atoms with E-state index in [0.29, 0.717) is 19.4 Å². The number of carbonyl (C=O) groups excluding carboxylic acids is 1. The molecule has 3 atom stereocenters.